The van der Waals surface area contributed by atoms with Crippen LogP contribution in [-0.4, -0.2) is 23.2 Å². The highest BCUT2D eigenvalue weighted by atomic mass is 19.1. The van der Waals surface area contributed by atoms with Crippen molar-refractivity contribution in [2.45, 2.75) is 6.92 Å². The first kappa shape index (κ1) is 12.4. The molecule has 0 saturated heterocycles. The van der Waals surface area contributed by atoms with Gasteiger partial charge < -0.3 is 9.84 Å². The van der Waals surface area contributed by atoms with Crippen molar-refractivity contribution in [2.75, 3.05) is 13.2 Å². The Morgan fingerprint density at radius 3 is 2.88 bits per heavy atom. The van der Waals surface area contributed by atoms with Crippen molar-refractivity contribution in [2.24, 2.45) is 5.92 Å². The third-order valence-electron chi connectivity index (χ3n) is 1.95. The van der Waals surface area contributed by atoms with E-state index in [0.29, 0.717) is 0 Å². The van der Waals surface area contributed by atoms with Gasteiger partial charge >= 0.3 is 5.69 Å². The van der Waals surface area contributed by atoms with Gasteiger partial charge in [-0.25, -0.2) is 4.39 Å². The number of nitro groups is 1. The van der Waals surface area contributed by atoms with Crippen LogP contribution in [0.25, 0.3) is 0 Å². The number of ether oxygens (including phenoxy) is 1. The molecule has 0 aliphatic carbocycles. The predicted octanol–water partition coefficient (Wildman–Crippen LogP) is 1.74. The number of aliphatic hydroxyl groups excluding tert-OH is 1. The Morgan fingerprint density at radius 1 is 1.62 bits per heavy atom. The SMILES string of the molecule is CC(CO)COc1cc(F)ccc1[N+](=O)[O-]. The van der Waals surface area contributed by atoms with Gasteiger partial charge in [0.1, 0.15) is 5.82 Å². The summed E-state index contributed by atoms with van der Waals surface area (Å²) in [5, 5.41) is 19.4. The second-order valence-electron chi connectivity index (χ2n) is 3.47. The zero-order valence-electron chi connectivity index (χ0n) is 8.72. The van der Waals surface area contributed by atoms with E-state index in [1.807, 2.05) is 0 Å². The average molecular weight is 229 g/mol. The van der Waals surface area contributed by atoms with Crippen LogP contribution < -0.4 is 4.74 Å². The molecule has 0 aromatic heterocycles. The third-order valence-corrected chi connectivity index (χ3v) is 1.95. The van der Waals surface area contributed by atoms with Crippen molar-refractivity contribution in [1.29, 1.82) is 0 Å². The van der Waals surface area contributed by atoms with Gasteiger partial charge in [0.2, 0.25) is 0 Å². The fourth-order valence-corrected chi connectivity index (χ4v) is 1.04. The smallest absolute Gasteiger partial charge is 0.311 e. The highest BCUT2D eigenvalue weighted by molar-refractivity contribution is 5.46. The van der Waals surface area contributed by atoms with Crippen LogP contribution in [0.15, 0.2) is 18.2 Å². The van der Waals surface area contributed by atoms with E-state index in [1.165, 1.54) is 0 Å². The summed E-state index contributed by atoms with van der Waals surface area (Å²) in [6.45, 7) is 1.72. The largest absolute Gasteiger partial charge is 0.486 e. The highest BCUT2D eigenvalue weighted by Gasteiger charge is 2.16. The molecule has 1 aromatic rings. The van der Waals surface area contributed by atoms with Gasteiger partial charge in [0.05, 0.1) is 11.5 Å². The Morgan fingerprint density at radius 2 is 2.31 bits per heavy atom. The minimum atomic E-state index is -0.640. The Hall–Kier alpha value is -1.69. The summed E-state index contributed by atoms with van der Waals surface area (Å²) in [5.74, 6) is -0.884. The summed E-state index contributed by atoms with van der Waals surface area (Å²) in [6, 6.07) is 3.01. The second-order valence-corrected chi connectivity index (χ2v) is 3.47. The molecule has 0 spiro atoms. The molecule has 5 nitrogen and oxygen atoms in total. The minimum Gasteiger partial charge on any atom is -0.486 e. The Balaban J connectivity index is 2.84. The van der Waals surface area contributed by atoms with E-state index in [1.54, 1.807) is 6.92 Å². The molecule has 0 aliphatic heterocycles. The van der Waals surface area contributed by atoms with Crippen molar-refractivity contribution in [3.05, 3.63) is 34.1 Å². The fourth-order valence-electron chi connectivity index (χ4n) is 1.04. The second kappa shape index (κ2) is 5.41. The van der Waals surface area contributed by atoms with Crippen LogP contribution >= 0.6 is 0 Å². The van der Waals surface area contributed by atoms with Gasteiger partial charge in [0.15, 0.2) is 5.75 Å². The minimum absolute atomic E-state index is 0.0941. The molecule has 0 bridgehead atoms. The molecule has 16 heavy (non-hydrogen) atoms. The maximum Gasteiger partial charge on any atom is 0.311 e. The van der Waals surface area contributed by atoms with Crippen LogP contribution in [0.5, 0.6) is 5.75 Å². The first-order valence-corrected chi connectivity index (χ1v) is 4.72. The van der Waals surface area contributed by atoms with Crippen molar-refractivity contribution in [1.82, 2.24) is 0 Å². The van der Waals surface area contributed by atoms with Crippen LogP contribution in [0.1, 0.15) is 6.92 Å². The van der Waals surface area contributed by atoms with Gasteiger partial charge in [0.25, 0.3) is 0 Å². The Bertz CT molecular complexity index is 383. The summed E-state index contributed by atoms with van der Waals surface area (Å²) in [6.07, 6.45) is 0. The van der Waals surface area contributed by atoms with E-state index < -0.39 is 10.7 Å². The number of hydrogen-bond acceptors (Lipinski definition) is 4. The van der Waals surface area contributed by atoms with E-state index >= 15 is 0 Å². The van der Waals surface area contributed by atoms with Crippen molar-refractivity contribution in [3.8, 4) is 5.75 Å². The molecule has 1 N–H and O–H groups in total. The molecule has 0 aliphatic rings. The van der Waals surface area contributed by atoms with E-state index in [9.17, 15) is 14.5 Å². The summed E-state index contributed by atoms with van der Waals surface area (Å²) in [4.78, 5) is 9.96. The van der Waals surface area contributed by atoms with Crippen molar-refractivity contribution >= 4 is 5.69 Å². The quantitative estimate of drug-likeness (QED) is 0.616. The number of halogens is 1. The standard InChI is InChI=1S/C10H12FNO4/c1-7(5-13)6-16-10-4-8(11)2-3-9(10)12(14)15/h2-4,7,13H,5-6H2,1H3. The predicted molar refractivity (Wildman–Crippen MR) is 54.8 cm³/mol. The fraction of sp³-hybridized carbons (Fsp3) is 0.400. The molecule has 0 amide bonds. The van der Waals surface area contributed by atoms with Crippen LogP contribution in [-0.2, 0) is 0 Å². The molecular formula is C10H12FNO4. The molecule has 6 heteroatoms. The lowest BCUT2D eigenvalue weighted by Crippen LogP contribution is -2.12. The molecule has 0 saturated carbocycles. The number of rotatable bonds is 5. The monoisotopic (exact) mass is 229 g/mol. The number of nitrogens with zero attached hydrogens (tertiary/aromatic N) is 1. The normalized spacial score (nSPS) is 12.2. The maximum absolute atomic E-state index is 12.9. The zero-order chi connectivity index (χ0) is 12.1. The number of nitro benzene ring substituents is 1. The molecule has 1 unspecified atom stereocenters. The summed E-state index contributed by atoms with van der Waals surface area (Å²) < 4.78 is 18.0. The molecule has 88 valence electrons. The molecule has 0 fully saturated rings. The third kappa shape index (κ3) is 3.16. The first-order valence-electron chi connectivity index (χ1n) is 4.72. The molecule has 0 heterocycles. The topological polar surface area (TPSA) is 72.6 Å². The van der Waals surface area contributed by atoms with Crippen molar-refractivity contribution < 1.29 is 19.2 Å². The first-order chi connectivity index (χ1) is 7.54. The lowest BCUT2D eigenvalue weighted by Gasteiger charge is -2.10. The molecule has 1 atom stereocenters. The van der Waals surface area contributed by atoms with E-state index in [2.05, 4.69) is 0 Å². The van der Waals surface area contributed by atoms with Crippen LogP contribution in [0, 0.1) is 21.8 Å². The lowest BCUT2D eigenvalue weighted by atomic mass is 10.2. The number of aliphatic hydroxyl groups is 1. The van der Waals surface area contributed by atoms with Gasteiger partial charge in [-0.2, -0.15) is 0 Å². The average Bonchev–Trinajstić information content (AvgIpc) is 2.25. The zero-order valence-corrected chi connectivity index (χ0v) is 8.72. The van der Waals surface area contributed by atoms with Crippen LogP contribution in [0.2, 0.25) is 0 Å². The molecular weight excluding hydrogens is 217 g/mol. The van der Waals surface area contributed by atoms with E-state index in [-0.39, 0.29) is 30.6 Å². The molecule has 0 radical (unpaired) electrons. The summed E-state index contributed by atoms with van der Waals surface area (Å²) >= 11 is 0. The molecule has 1 aromatic carbocycles. The van der Waals surface area contributed by atoms with Gasteiger partial charge in [-0.05, 0) is 6.07 Å². The van der Waals surface area contributed by atoms with Gasteiger partial charge in [-0.1, -0.05) is 6.92 Å². The number of benzene rings is 1. The van der Waals surface area contributed by atoms with Crippen LogP contribution in [0.4, 0.5) is 10.1 Å². The lowest BCUT2D eigenvalue weighted by molar-refractivity contribution is -0.386. The van der Waals surface area contributed by atoms with E-state index in [4.69, 9.17) is 9.84 Å². The van der Waals surface area contributed by atoms with Crippen LogP contribution in [0.3, 0.4) is 0 Å². The molecule has 1 rings (SSSR count). The Kier molecular flexibility index (Phi) is 4.19. The van der Waals surface area contributed by atoms with Gasteiger partial charge in [0, 0.05) is 24.7 Å². The maximum atomic E-state index is 12.9. The van der Waals surface area contributed by atoms with Crippen molar-refractivity contribution in [3.63, 3.8) is 0 Å². The summed E-state index contributed by atoms with van der Waals surface area (Å²) in [7, 11) is 0. The van der Waals surface area contributed by atoms with Gasteiger partial charge in [-0.15, -0.1) is 0 Å². The Labute approximate surface area is 91.6 Å². The van der Waals surface area contributed by atoms with E-state index in [0.717, 1.165) is 18.2 Å². The van der Waals surface area contributed by atoms with Gasteiger partial charge in [-0.3, -0.25) is 10.1 Å². The summed E-state index contributed by atoms with van der Waals surface area (Å²) in [5.41, 5.74) is -0.286. The highest BCUT2D eigenvalue weighted by Crippen LogP contribution is 2.27. The number of hydrogen-bond donors (Lipinski definition) is 1.